The Balaban J connectivity index is 0.000000330. The van der Waals surface area contributed by atoms with Crippen LogP contribution in [0.25, 0.3) is 0 Å². The molecule has 0 spiro atoms. The van der Waals surface area contributed by atoms with Gasteiger partial charge in [0.2, 0.25) is 0 Å². The maximum atomic E-state index is 11.7. The van der Waals surface area contributed by atoms with E-state index in [0.717, 1.165) is 12.8 Å². The first-order chi connectivity index (χ1) is 15.5. The SMILES string of the molecule is C=CCCOC(=O)c1cccc(OCCC=C)c1.C=CCCOc1cccc(C(=O)O)c1. The van der Waals surface area contributed by atoms with Crippen LogP contribution < -0.4 is 9.47 Å². The molecule has 2 aromatic carbocycles. The lowest BCUT2D eigenvalue weighted by Gasteiger charge is -2.07. The van der Waals surface area contributed by atoms with Gasteiger partial charge in [-0.2, -0.15) is 0 Å². The third-order valence-corrected chi connectivity index (χ3v) is 3.89. The molecule has 2 aromatic rings. The maximum Gasteiger partial charge on any atom is 0.338 e. The van der Waals surface area contributed by atoms with E-state index < -0.39 is 5.97 Å². The minimum Gasteiger partial charge on any atom is -0.493 e. The van der Waals surface area contributed by atoms with Crippen LogP contribution in [0, 0.1) is 0 Å². The van der Waals surface area contributed by atoms with Gasteiger partial charge in [0.1, 0.15) is 11.5 Å². The molecule has 170 valence electrons. The van der Waals surface area contributed by atoms with Gasteiger partial charge in [-0.05, 0) is 55.7 Å². The summed E-state index contributed by atoms with van der Waals surface area (Å²) >= 11 is 0. The van der Waals surface area contributed by atoms with E-state index in [1.807, 2.05) is 6.07 Å². The molecule has 0 aromatic heterocycles. The van der Waals surface area contributed by atoms with E-state index in [9.17, 15) is 9.59 Å². The quantitative estimate of drug-likeness (QED) is 0.245. The van der Waals surface area contributed by atoms with Gasteiger partial charge in [0.15, 0.2) is 0 Å². The Morgan fingerprint density at radius 1 is 0.750 bits per heavy atom. The number of rotatable bonds is 13. The third-order valence-electron chi connectivity index (χ3n) is 3.89. The standard InChI is InChI=1S/C15H18O3.C11H12O3/c1-3-5-10-17-14-9-7-8-13(12-14)15(16)18-11-6-4-2;1-2-3-7-14-10-6-4-5-9(8-10)11(12)13/h3-4,7-9,12H,1-2,5-6,10-11H2;2,4-6,8H,1,3,7H2,(H,12,13). The Morgan fingerprint density at radius 2 is 1.22 bits per heavy atom. The van der Waals surface area contributed by atoms with Gasteiger partial charge in [-0.1, -0.05) is 30.4 Å². The summed E-state index contributed by atoms with van der Waals surface area (Å²) in [5.74, 6) is -0.0491. The minimum atomic E-state index is -0.945. The Kier molecular flexibility index (Phi) is 13.1. The molecule has 6 nitrogen and oxygen atoms in total. The van der Waals surface area contributed by atoms with E-state index in [4.69, 9.17) is 19.3 Å². The van der Waals surface area contributed by atoms with Crippen molar-refractivity contribution in [2.45, 2.75) is 19.3 Å². The second-order valence-electron chi connectivity index (χ2n) is 6.43. The van der Waals surface area contributed by atoms with E-state index in [1.165, 1.54) is 12.1 Å². The van der Waals surface area contributed by atoms with Gasteiger partial charge in [0.25, 0.3) is 0 Å². The maximum absolute atomic E-state index is 11.7. The number of esters is 1. The van der Waals surface area contributed by atoms with Gasteiger partial charge in [-0.15, -0.1) is 19.7 Å². The van der Waals surface area contributed by atoms with Crippen molar-refractivity contribution in [1.29, 1.82) is 0 Å². The van der Waals surface area contributed by atoms with Crippen LogP contribution in [0.4, 0.5) is 0 Å². The highest BCUT2D eigenvalue weighted by molar-refractivity contribution is 5.89. The van der Waals surface area contributed by atoms with E-state index in [2.05, 4.69) is 19.7 Å². The predicted molar refractivity (Wildman–Crippen MR) is 126 cm³/mol. The summed E-state index contributed by atoms with van der Waals surface area (Å²) in [6.45, 7) is 12.2. The van der Waals surface area contributed by atoms with Crippen LogP contribution in [-0.2, 0) is 4.74 Å². The van der Waals surface area contributed by atoms with Gasteiger partial charge < -0.3 is 19.3 Å². The average Bonchev–Trinajstić information content (AvgIpc) is 2.80. The molecule has 2 rings (SSSR count). The minimum absolute atomic E-state index is 0.237. The molecule has 0 atom stereocenters. The number of aromatic carboxylic acids is 1. The first-order valence-corrected chi connectivity index (χ1v) is 10.2. The third kappa shape index (κ3) is 10.8. The number of carbonyl (C=O) groups excluding carboxylic acids is 1. The van der Waals surface area contributed by atoms with E-state index in [1.54, 1.807) is 48.6 Å². The number of carboxylic acid groups (broad SMARTS) is 1. The summed E-state index contributed by atoms with van der Waals surface area (Å²) in [4.78, 5) is 22.3. The van der Waals surface area contributed by atoms with Crippen molar-refractivity contribution in [3.8, 4) is 11.5 Å². The first kappa shape index (κ1) is 26.2. The lowest BCUT2D eigenvalue weighted by Crippen LogP contribution is -2.06. The van der Waals surface area contributed by atoms with E-state index in [0.29, 0.717) is 43.3 Å². The topological polar surface area (TPSA) is 82.1 Å². The smallest absolute Gasteiger partial charge is 0.338 e. The molecule has 0 radical (unpaired) electrons. The Bertz CT molecular complexity index is 887. The lowest BCUT2D eigenvalue weighted by atomic mass is 10.2. The number of ether oxygens (including phenoxy) is 3. The monoisotopic (exact) mass is 438 g/mol. The molecule has 0 fully saturated rings. The molecule has 0 aliphatic rings. The van der Waals surface area contributed by atoms with Crippen molar-refractivity contribution < 1.29 is 28.9 Å². The fourth-order valence-corrected chi connectivity index (χ4v) is 2.27. The molecular weight excluding hydrogens is 408 g/mol. The molecule has 32 heavy (non-hydrogen) atoms. The van der Waals surface area contributed by atoms with Crippen LogP contribution in [-0.4, -0.2) is 36.9 Å². The summed E-state index contributed by atoms with van der Waals surface area (Å²) in [6, 6.07) is 13.4. The molecule has 0 amide bonds. The largest absolute Gasteiger partial charge is 0.493 e. The number of hydrogen-bond acceptors (Lipinski definition) is 5. The zero-order chi connectivity index (χ0) is 23.6. The summed E-state index contributed by atoms with van der Waals surface area (Å²) in [6.07, 6.45) is 7.42. The molecule has 0 bridgehead atoms. The predicted octanol–water partition coefficient (Wildman–Crippen LogP) is 5.71. The van der Waals surface area contributed by atoms with Crippen LogP contribution in [0.5, 0.6) is 11.5 Å². The van der Waals surface area contributed by atoms with Gasteiger partial charge in [-0.3, -0.25) is 0 Å². The molecule has 0 saturated heterocycles. The fraction of sp³-hybridized carbons (Fsp3) is 0.231. The van der Waals surface area contributed by atoms with Gasteiger partial charge in [-0.25, -0.2) is 9.59 Å². The summed E-state index contributed by atoms with van der Waals surface area (Å²) in [5, 5.41) is 8.71. The number of hydrogen-bond donors (Lipinski definition) is 1. The zero-order valence-electron chi connectivity index (χ0n) is 18.2. The van der Waals surface area contributed by atoms with Crippen LogP contribution >= 0.6 is 0 Å². The fourth-order valence-electron chi connectivity index (χ4n) is 2.27. The van der Waals surface area contributed by atoms with Crippen LogP contribution in [0.3, 0.4) is 0 Å². The van der Waals surface area contributed by atoms with Gasteiger partial charge in [0, 0.05) is 0 Å². The molecule has 0 aliphatic carbocycles. The first-order valence-electron chi connectivity index (χ1n) is 10.2. The summed E-state index contributed by atoms with van der Waals surface area (Å²) in [7, 11) is 0. The van der Waals surface area contributed by atoms with Crippen LogP contribution in [0.1, 0.15) is 40.0 Å². The Morgan fingerprint density at radius 3 is 1.72 bits per heavy atom. The average molecular weight is 439 g/mol. The van der Waals surface area contributed by atoms with Gasteiger partial charge >= 0.3 is 11.9 Å². The number of carbonyl (C=O) groups is 2. The Hall–Kier alpha value is -3.80. The normalized spacial score (nSPS) is 9.50. The molecule has 6 heteroatoms. The van der Waals surface area contributed by atoms with Crippen molar-refractivity contribution in [3.63, 3.8) is 0 Å². The highest BCUT2D eigenvalue weighted by Gasteiger charge is 2.07. The van der Waals surface area contributed by atoms with Crippen molar-refractivity contribution in [2.24, 2.45) is 0 Å². The number of carboxylic acids is 1. The highest BCUT2D eigenvalue weighted by atomic mass is 16.5. The van der Waals surface area contributed by atoms with Crippen LogP contribution in [0.15, 0.2) is 86.5 Å². The second kappa shape index (κ2) is 16.0. The molecule has 0 unspecified atom stereocenters. The highest BCUT2D eigenvalue weighted by Crippen LogP contribution is 2.15. The van der Waals surface area contributed by atoms with E-state index >= 15 is 0 Å². The van der Waals surface area contributed by atoms with Gasteiger partial charge in [0.05, 0.1) is 30.9 Å². The van der Waals surface area contributed by atoms with Crippen molar-refractivity contribution in [2.75, 3.05) is 19.8 Å². The van der Waals surface area contributed by atoms with Crippen molar-refractivity contribution in [1.82, 2.24) is 0 Å². The molecular formula is C26H30O6. The second-order valence-corrected chi connectivity index (χ2v) is 6.43. The zero-order valence-corrected chi connectivity index (χ0v) is 18.2. The van der Waals surface area contributed by atoms with Crippen LogP contribution in [0.2, 0.25) is 0 Å². The Labute approximate surface area is 189 Å². The molecule has 0 aliphatic heterocycles. The van der Waals surface area contributed by atoms with Crippen molar-refractivity contribution >= 4 is 11.9 Å². The molecule has 0 saturated carbocycles. The number of benzene rings is 2. The molecule has 0 heterocycles. The van der Waals surface area contributed by atoms with E-state index in [-0.39, 0.29) is 11.5 Å². The molecule has 1 N–H and O–H groups in total. The summed E-state index contributed by atoms with van der Waals surface area (Å²) in [5.41, 5.74) is 0.733. The van der Waals surface area contributed by atoms with Crippen molar-refractivity contribution in [3.05, 3.63) is 97.6 Å². The lowest BCUT2D eigenvalue weighted by molar-refractivity contribution is 0.0510. The summed E-state index contributed by atoms with van der Waals surface area (Å²) < 4.78 is 15.8.